The van der Waals surface area contributed by atoms with E-state index in [0.717, 1.165) is 12.1 Å². The number of likely N-dealkylation sites (N-methyl/N-ethyl adjacent to an activating group) is 1. The molecule has 1 aromatic rings. The van der Waals surface area contributed by atoms with Crippen molar-refractivity contribution >= 4 is 23.2 Å². The Balaban J connectivity index is 2.97. The Morgan fingerprint density at radius 2 is 1.94 bits per heavy atom. The predicted molar refractivity (Wildman–Crippen MR) is 63.6 cm³/mol. The normalized spacial score (nSPS) is 13.0. The van der Waals surface area contributed by atoms with Crippen molar-refractivity contribution in [1.82, 2.24) is 5.32 Å². The molecule has 1 atom stereocenters. The van der Waals surface area contributed by atoms with E-state index in [-0.39, 0.29) is 16.6 Å². The van der Waals surface area contributed by atoms with Gasteiger partial charge in [-0.2, -0.15) is 13.2 Å². The molecule has 7 heteroatoms. The molecular formula is C11H12ClF3N2O. The maximum atomic E-state index is 12.5. The van der Waals surface area contributed by atoms with Crippen LogP contribution in [0.5, 0.6) is 0 Å². The van der Waals surface area contributed by atoms with Crippen LogP contribution in [0.15, 0.2) is 18.2 Å². The van der Waals surface area contributed by atoms with Crippen molar-refractivity contribution in [3.8, 4) is 0 Å². The monoisotopic (exact) mass is 280 g/mol. The van der Waals surface area contributed by atoms with Crippen molar-refractivity contribution in [3.63, 3.8) is 0 Å². The molecule has 0 fully saturated rings. The molecule has 3 nitrogen and oxygen atoms in total. The Hall–Kier alpha value is -1.43. The summed E-state index contributed by atoms with van der Waals surface area (Å²) in [5.41, 5.74) is -0.715. The summed E-state index contributed by atoms with van der Waals surface area (Å²) in [7, 11) is 1.44. The van der Waals surface area contributed by atoms with Crippen LogP contribution in [0.1, 0.15) is 12.5 Å². The first-order chi connectivity index (χ1) is 8.24. The standard InChI is InChI=1S/C11H12ClF3N2O/c1-6(10(18)16-2)17-9-4-7(11(13,14)15)3-8(12)5-9/h3-6,17H,1-2H3,(H,16,18). The molecule has 0 aliphatic heterocycles. The molecule has 1 amide bonds. The van der Waals surface area contributed by atoms with Gasteiger partial charge in [0, 0.05) is 17.8 Å². The van der Waals surface area contributed by atoms with Crippen LogP contribution in [-0.4, -0.2) is 19.0 Å². The fourth-order valence-electron chi connectivity index (χ4n) is 1.37. The third kappa shape index (κ3) is 3.80. The van der Waals surface area contributed by atoms with Crippen LogP contribution >= 0.6 is 11.6 Å². The zero-order valence-corrected chi connectivity index (χ0v) is 10.5. The van der Waals surface area contributed by atoms with E-state index in [9.17, 15) is 18.0 Å². The average molecular weight is 281 g/mol. The van der Waals surface area contributed by atoms with Crippen LogP contribution in [0.3, 0.4) is 0 Å². The number of benzene rings is 1. The van der Waals surface area contributed by atoms with Gasteiger partial charge in [-0.05, 0) is 25.1 Å². The molecule has 0 aliphatic carbocycles. The average Bonchev–Trinajstić information content (AvgIpc) is 2.25. The summed E-state index contributed by atoms with van der Waals surface area (Å²) < 4.78 is 37.6. The molecule has 0 aromatic heterocycles. The quantitative estimate of drug-likeness (QED) is 0.894. The van der Waals surface area contributed by atoms with E-state index in [1.165, 1.54) is 20.0 Å². The topological polar surface area (TPSA) is 41.1 Å². The van der Waals surface area contributed by atoms with Crippen molar-refractivity contribution in [2.75, 3.05) is 12.4 Å². The van der Waals surface area contributed by atoms with Gasteiger partial charge in [0.2, 0.25) is 5.91 Å². The zero-order chi connectivity index (χ0) is 13.9. The van der Waals surface area contributed by atoms with E-state index in [4.69, 9.17) is 11.6 Å². The van der Waals surface area contributed by atoms with Gasteiger partial charge in [-0.3, -0.25) is 4.79 Å². The van der Waals surface area contributed by atoms with Gasteiger partial charge in [0.1, 0.15) is 6.04 Å². The molecule has 1 unspecified atom stereocenters. The lowest BCUT2D eigenvalue weighted by atomic mass is 10.1. The molecular weight excluding hydrogens is 269 g/mol. The van der Waals surface area contributed by atoms with Gasteiger partial charge in [-0.1, -0.05) is 11.6 Å². The Labute approximate surface area is 107 Å². The number of carbonyl (C=O) groups excluding carboxylic acids is 1. The Kier molecular flexibility index (Phi) is 4.45. The summed E-state index contributed by atoms with van der Waals surface area (Å²) in [6, 6.07) is 2.41. The highest BCUT2D eigenvalue weighted by Crippen LogP contribution is 2.33. The molecule has 1 rings (SSSR count). The van der Waals surface area contributed by atoms with Crippen LogP contribution in [0.25, 0.3) is 0 Å². The summed E-state index contributed by atoms with van der Waals surface area (Å²) >= 11 is 5.61. The van der Waals surface area contributed by atoms with E-state index in [2.05, 4.69) is 10.6 Å². The largest absolute Gasteiger partial charge is 0.416 e. The van der Waals surface area contributed by atoms with Gasteiger partial charge in [0.05, 0.1) is 5.56 Å². The second-order valence-electron chi connectivity index (χ2n) is 3.71. The van der Waals surface area contributed by atoms with Gasteiger partial charge in [0.15, 0.2) is 0 Å². The smallest absolute Gasteiger partial charge is 0.374 e. The minimum atomic E-state index is -4.47. The fourth-order valence-corrected chi connectivity index (χ4v) is 1.60. The molecule has 2 N–H and O–H groups in total. The summed E-state index contributed by atoms with van der Waals surface area (Å²) in [5, 5.41) is 4.99. The Bertz CT molecular complexity index is 448. The summed E-state index contributed by atoms with van der Waals surface area (Å²) in [4.78, 5) is 11.3. The van der Waals surface area contributed by atoms with Crippen molar-refractivity contribution in [3.05, 3.63) is 28.8 Å². The number of amides is 1. The number of hydrogen-bond donors (Lipinski definition) is 2. The third-order valence-corrected chi connectivity index (χ3v) is 2.47. The minimum absolute atomic E-state index is 0.0450. The SMILES string of the molecule is CNC(=O)C(C)Nc1cc(Cl)cc(C(F)(F)F)c1. The predicted octanol–water partition coefficient (Wildman–Crippen LogP) is 2.91. The van der Waals surface area contributed by atoms with E-state index in [1.54, 1.807) is 0 Å². The molecule has 0 radical (unpaired) electrons. The van der Waals surface area contributed by atoms with Crippen LogP contribution < -0.4 is 10.6 Å². The lowest BCUT2D eigenvalue weighted by Crippen LogP contribution is -2.35. The van der Waals surface area contributed by atoms with Crippen LogP contribution in [0.2, 0.25) is 5.02 Å². The number of halogens is 4. The van der Waals surface area contributed by atoms with Crippen molar-refractivity contribution in [2.24, 2.45) is 0 Å². The Morgan fingerprint density at radius 1 is 1.33 bits per heavy atom. The van der Waals surface area contributed by atoms with E-state index in [0.29, 0.717) is 0 Å². The molecule has 1 aromatic carbocycles. The molecule has 0 saturated heterocycles. The first kappa shape index (κ1) is 14.6. The zero-order valence-electron chi connectivity index (χ0n) is 9.73. The maximum absolute atomic E-state index is 12.5. The second-order valence-corrected chi connectivity index (χ2v) is 4.14. The van der Waals surface area contributed by atoms with E-state index < -0.39 is 17.8 Å². The molecule has 100 valence electrons. The highest BCUT2D eigenvalue weighted by molar-refractivity contribution is 6.31. The minimum Gasteiger partial charge on any atom is -0.374 e. The number of rotatable bonds is 3. The van der Waals surface area contributed by atoms with Crippen molar-refractivity contribution in [1.29, 1.82) is 0 Å². The number of nitrogens with one attached hydrogen (secondary N) is 2. The summed E-state index contributed by atoms with van der Waals surface area (Å²) in [6.45, 7) is 1.53. The molecule has 0 bridgehead atoms. The van der Waals surface area contributed by atoms with Crippen LogP contribution in [0.4, 0.5) is 18.9 Å². The lowest BCUT2D eigenvalue weighted by molar-refractivity contribution is -0.137. The summed E-state index contributed by atoms with van der Waals surface area (Å²) in [6.07, 6.45) is -4.47. The highest BCUT2D eigenvalue weighted by atomic mass is 35.5. The summed E-state index contributed by atoms with van der Waals surface area (Å²) in [5.74, 6) is -0.330. The third-order valence-electron chi connectivity index (χ3n) is 2.25. The van der Waals surface area contributed by atoms with Gasteiger partial charge in [-0.25, -0.2) is 0 Å². The first-order valence-electron chi connectivity index (χ1n) is 5.10. The van der Waals surface area contributed by atoms with Crippen molar-refractivity contribution < 1.29 is 18.0 Å². The van der Waals surface area contributed by atoms with E-state index in [1.807, 2.05) is 0 Å². The van der Waals surface area contributed by atoms with Gasteiger partial charge >= 0.3 is 6.18 Å². The molecule has 18 heavy (non-hydrogen) atoms. The van der Waals surface area contributed by atoms with Crippen LogP contribution in [0, 0.1) is 0 Å². The molecule has 0 saturated carbocycles. The van der Waals surface area contributed by atoms with E-state index >= 15 is 0 Å². The Morgan fingerprint density at radius 3 is 2.44 bits per heavy atom. The fraction of sp³-hybridized carbons (Fsp3) is 0.364. The van der Waals surface area contributed by atoms with Crippen LogP contribution in [-0.2, 0) is 11.0 Å². The second kappa shape index (κ2) is 5.48. The first-order valence-corrected chi connectivity index (χ1v) is 5.47. The molecule has 0 aliphatic rings. The number of carbonyl (C=O) groups is 1. The lowest BCUT2D eigenvalue weighted by Gasteiger charge is -2.15. The number of hydrogen-bond acceptors (Lipinski definition) is 2. The van der Waals surface area contributed by atoms with Crippen molar-refractivity contribution in [2.45, 2.75) is 19.1 Å². The molecule has 0 heterocycles. The molecule has 0 spiro atoms. The highest BCUT2D eigenvalue weighted by Gasteiger charge is 2.31. The van der Waals surface area contributed by atoms with Gasteiger partial charge < -0.3 is 10.6 Å². The van der Waals surface area contributed by atoms with Gasteiger partial charge in [-0.15, -0.1) is 0 Å². The number of alkyl halides is 3. The number of anilines is 1. The maximum Gasteiger partial charge on any atom is 0.416 e. The van der Waals surface area contributed by atoms with Gasteiger partial charge in [0.25, 0.3) is 0 Å².